The van der Waals surface area contributed by atoms with Crippen molar-refractivity contribution in [3.8, 4) is 0 Å². The third-order valence-electron chi connectivity index (χ3n) is 8.74. The maximum atomic E-state index is 13.8. The van der Waals surface area contributed by atoms with Crippen molar-refractivity contribution in [1.29, 1.82) is 0 Å². The van der Waals surface area contributed by atoms with Gasteiger partial charge in [-0.3, -0.25) is 0 Å². The largest absolute Gasteiger partial charge is 0.228 e. The molecular weight excluding hydrogens is 549 g/mol. The van der Waals surface area contributed by atoms with Crippen LogP contribution < -0.4 is 0 Å². The lowest BCUT2D eigenvalue weighted by atomic mass is 9.82. The molecule has 0 fully saturated rings. The van der Waals surface area contributed by atoms with Gasteiger partial charge in [-0.2, -0.15) is 0 Å². The van der Waals surface area contributed by atoms with E-state index in [1.807, 2.05) is 37.3 Å². The molecule has 5 aromatic rings. The van der Waals surface area contributed by atoms with E-state index in [9.17, 15) is 16.8 Å². The zero-order valence-corrected chi connectivity index (χ0v) is 26.6. The van der Waals surface area contributed by atoms with Gasteiger partial charge in [0.05, 0.1) is 23.0 Å². The molecule has 4 nitrogen and oxygen atoms in total. The standard InChI is InChI=1S/C35H38O4S2/c1-21-24-15-29(35(5,6)7)16-25(21)18-41(38,39)20-27-12-26(19-40(36,37)17-24)30-10-8-22-13-28(34(2,3)4)14-23-9-11-31(27)33(30)32(22)23/h8-16H,17-20H2,1-7H3. The van der Waals surface area contributed by atoms with Gasteiger partial charge in [0.15, 0.2) is 19.7 Å². The minimum Gasteiger partial charge on any atom is -0.228 e. The first-order chi connectivity index (χ1) is 18.9. The van der Waals surface area contributed by atoms with Gasteiger partial charge in [0.1, 0.15) is 0 Å². The summed E-state index contributed by atoms with van der Waals surface area (Å²) in [4.78, 5) is 0. The SMILES string of the molecule is Cc1c2cc(C(C)(C)C)cc1CS(=O)(=O)Cc1cc(c3ccc4cc(C(C)(C)C)cc5ccc1c3c45)CS(=O)(=O)C2. The fourth-order valence-corrected chi connectivity index (χ4v) is 9.54. The molecule has 6 rings (SSSR count). The predicted octanol–water partition coefficient (Wildman–Crippen LogP) is 8.03. The van der Waals surface area contributed by atoms with Crippen LogP contribution in [-0.2, 0) is 53.5 Å². The topological polar surface area (TPSA) is 68.3 Å². The number of sulfone groups is 2. The Labute approximate surface area is 244 Å². The summed E-state index contributed by atoms with van der Waals surface area (Å²) in [5.41, 5.74) is 5.37. The van der Waals surface area contributed by atoms with Gasteiger partial charge in [-0.05, 0) is 89.0 Å². The van der Waals surface area contributed by atoms with Crippen LogP contribution in [0.5, 0.6) is 0 Å². The van der Waals surface area contributed by atoms with Crippen LogP contribution in [-0.4, -0.2) is 16.8 Å². The Morgan fingerprint density at radius 2 is 0.902 bits per heavy atom. The van der Waals surface area contributed by atoms with E-state index in [0.29, 0.717) is 22.3 Å². The van der Waals surface area contributed by atoms with Crippen LogP contribution in [0.25, 0.3) is 32.3 Å². The molecule has 214 valence electrons. The minimum atomic E-state index is -3.56. The van der Waals surface area contributed by atoms with E-state index < -0.39 is 19.7 Å². The maximum Gasteiger partial charge on any atom is 0.158 e. The molecule has 1 heterocycles. The molecule has 0 saturated carbocycles. The highest BCUT2D eigenvalue weighted by atomic mass is 32.2. The molecule has 0 radical (unpaired) electrons. The Morgan fingerprint density at radius 3 is 1.32 bits per heavy atom. The number of hydrogen-bond acceptors (Lipinski definition) is 4. The van der Waals surface area contributed by atoms with E-state index in [-0.39, 0.29) is 33.8 Å². The molecule has 0 saturated heterocycles. The second-order valence-electron chi connectivity index (χ2n) is 14.1. The van der Waals surface area contributed by atoms with Crippen molar-refractivity contribution < 1.29 is 16.8 Å². The first-order valence-electron chi connectivity index (χ1n) is 14.2. The first kappa shape index (κ1) is 28.2. The number of hydrogen-bond donors (Lipinski definition) is 0. The summed E-state index contributed by atoms with van der Waals surface area (Å²) in [6, 6.07) is 18.4. The average Bonchev–Trinajstić information content (AvgIpc) is 2.83. The second-order valence-corrected chi connectivity index (χ2v) is 18.2. The van der Waals surface area contributed by atoms with Crippen molar-refractivity contribution in [1.82, 2.24) is 0 Å². The molecular formula is C35H38O4S2. The van der Waals surface area contributed by atoms with Crippen LogP contribution in [0.1, 0.15) is 80.5 Å². The molecule has 0 amide bonds. The van der Waals surface area contributed by atoms with Gasteiger partial charge in [0, 0.05) is 0 Å². The summed E-state index contributed by atoms with van der Waals surface area (Å²) in [7, 11) is -7.12. The summed E-state index contributed by atoms with van der Waals surface area (Å²) in [6.07, 6.45) is 0. The van der Waals surface area contributed by atoms with Crippen LogP contribution in [0, 0.1) is 6.92 Å². The number of rotatable bonds is 0. The van der Waals surface area contributed by atoms with Crippen molar-refractivity contribution in [3.05, 3.63) is 93.5 Å². The van der Waals surface area contributed by atoms with E-state index in [1.165, 1.54) is 5.56 Å². The normalized spacial score (nSPS) is 17.5. The van der Waals surface area contributed by atoms with Crippen molar-refractivity contribution in [2.75, 3.05) is 0 Å². The molecule has 41 heavy (non-hydrogen) atoms. The smallest absolute Gasteiger partial charge is 0.158 e. The third-order valence-corrected chi connectivity index (χ3v) is 11.7. The van der Waals surface area contributed by atoms with E-state index in [4.69, 9.17) is 0 Å². The van der Waals surface area contributed by atoms with E-state index in [2.05, 4.69) is 65.8 Å². The Morgan fingerprint density at radius 1 is 0.512 bits per heavy atom. The van der Waals surface area contributed by atoms with Gasteiger partial charge in [-0.1, -0.05) is 96.1 Å². The lowest BCUT2D eigenvalue weighted by molar-refractivity contribution is 0.584. The van der Waals surface area contributed by atoms with Gasteiger partial charge in [-0.25, -0.2) is 16.8 Å². The Balaban J connectivity index is 1.65. The van der Waals surface area contributed by atoms with Crippen molar-refractivity contribution >= 4 is 52.0 Å². The summed E-state index contributed by atoms with van der Waals surface area (Å²) in [5, 5.41) is 5.95. The van der Waals surface area contributed by atoms with Crippen molar-refractivity contribution in [3.63, 3.8) is 0 Å². The van der Waals surface area contributed by atoms with E-state index >= 15 is 0 Å². The molecule has 1 aliphatic rings. The molecule has 0 N–H and O–H groups in total. The number of fused-ring (bicyclic) bond motifs is 6. The quantitative estimate of drug-likeness (QED) is 0.172. The van der Waals surface area contributed by atoms with Crippen LogP contribution in [0.2, 0.25) is 0 Å². The molecule has 0 aliphatic carbocycles. The van der Waals surface area contributed by atoms with Crippen LogP contribution in [0.3, 0.4) is 0 Å². The second kappa shape index (κ2) is 9.02. The minimum absolute atomic E-state index is 0.0302. The van der Waals surface area contributed by atoms with Gasteiger partial charge in [0.25, 0.3) is 0 Å². The molecule has 0 atom stereocenters. The predicted molar refractivity (Wildman–Crippen MR) is 171 cm³/mol. The van der Waals surface area contributed by atoms with Crippen LogP contribution >= 0.6 is 0 Å². The maximum absolute atomic E-state index is 13.8. The van der Waals surface area contributed by atoms with Gasteiger partial charge < -0.3 is 0 Å². The number of benzene rings is 5. The van der Waals surface area contributed by atoms with Gasteiger partial charge in [-0.15, -0.1) is 0 Å². The fourth-order valence-electron chi connectivity index (χ4n) is 6.36. The highest BCUT2D eigenvalue weighted by Gasteiger charge is 2.27. The molecule has 0 spiro atoms. The summed E-state index contributed by atoms with van der Waals surface area (Å²) >= 11 is 0. The molecule has 0 aromatic heterocycles. The third kappa shape index (κ3) is 5.03. The summed E-state index contributed by atoms with van der Waals surface area (Å²) in [5.74, 6) is -0.532. The first-order valence-corrected chi connectivity index (χ1v) is 17.8. The molecule has 1 aliphatic heterocycles. The van der Waals surface area contributed by atoms with Crippen molar-refractivity contribution in [2.45, 2.75) is 82.3 Å². The average molecular weight is 587 g/mol. The van der Waals surface area contributed by atoms with Crippen LogP contribution in [0.4, 0.5) is 0 Å². The Kier molecular flexibility index (Phi) is 6.20. The van der Waals surface area contributed by atoms with E-state index in [0.717, 1.165) is 43.4 Å². The lowest BCUT2D eigenvalue weighted by Gasteiger charge is -2.25. The molecule has 5 aromatic carbocycles. The monoisotopic (exact) mass is 586 g/mol. The fraction of sp³-hybridized carbons (Fsp3) is 0.371. The highest BCUT2D eigenvalue weighted by molar-refractivity contribution is 7.90. The molecule has 6 heteroatoms. The highest BCUT2D eigenvalue weighted by Crippen LogP contribution is 2.41. The summed E-state index contributed by atoms with van der Waals surface area (Å²) in [6.45, 7) is 14.6. The molecule has 4 bridgehead atoms. The zero-order valence-electron chi connectivity index (χ0n) is 25.0. The van der Waals surface area contributed by atoms with Gasteiger partial charge >= 0.3 is 0 Å². The zero-order chi connectivity index (χ0) is 29.7. The van der Waals surface area contributed by atoms with Crippen LogP contribution in [0.15, 0.2) is 54.6 Å². The van der Waals surface area contributed by atoms with Crippen molar-refractivity contribution in [2.24, 2.45) is 0 Å². The van der Waals surface area contributed by atoms with Gasteiger partial charge in [0.2, 0.25) is 0 Å². The Hall–Kier alpha value is -2.96. The molecule has 0 unspecified atom stereocenters. The van der Waals surface area contributed by atoms with E-state index in [1.54, 1.807) is 0 Å². The lowest BCUT2D eigenvalue weighted by Crippen LogP contribution is -2.18. The Bertz CT molecular complexity index is 1960. The summed E-state index contributed by atoms with van der Waals surface area (Å²) < 4.78 is 55.3.